The second-order valence-electron chi connectivity index (χ2n) is 9.18. The zero-order valence-corrected chi connectivity index (χ0v) is 18.8. The number of hydrogen-bond acceptors (Lipinski definition) is 8. The molecule has 0 amide bonds. The van der Waals surface area contributed by atoms with Gasteiger partial charge in [-0.2, -0.15) is 0 Å². The fourth-order valence-corrected chi connectivity index (χ4v) is 4.47. The largest absolute Gasteiger partial charge is 0.493 e. The van der Waals surface area contributed by atoms with E-state index in [9.17, 15) is 4.79 Å². The molecule has 170 valence electrons. The Kier molecular flexibility index (Phi) is 5.28. The third kappa shape index (κ3) is 4.16. The van der Waals surface area contributed by atoms with Crippen LogP contribution in [0.15, 0.2) is 64.4 Å². The summed E-state index contributed by atoms with van der Waals surface area (Å²) < 4.78 is 16.6. The molecule has 0 radical (unpaired) electrons. The number of ketones is 1. The molecule has 1 atom stereocenters. The summed E-state index contributed by atoms with van der Waals surface area (Å²) >= 11 is 0. The first kappa shape index (κ1) is 21.1. The topological polar surface area (TPSA) is 98.5 Å². The molecule has 2 N–H and O–H groups in total. The number of anilines is 2. The summed E-state index contributed by atoms with van der Waals surface area (Å²) in [5, 5.41) is 14.6. The molecule has 0 saturated heterocycles. The molecule has 1 aromatic heterocycles. The molecule has 3 aromatic rings. The van der Waals surface area contributed by atoms with Crippen molar-refractivity contribution in [3.63, 3.8) is 0 Å². The lowest BCUT2D eigenvalue weighted by Gasteiger charge is -2.34. The summed E-state index contributed by atoms with van der Waals surface area (Å²) in [6, 6.07) is 15.2. The molecule has 1 aliphatic carbocycles. The van der Waals surface area contributed by atoms with Gasteiger partial charge in [-0.15, -0.1) is 0 Å². The smallest absolute Gasteiger partial charge is 0.219 e. The van der Waals surface area contributed by atoms with Gasteiger partial charge in [0.2, 0.25) is 11.6 Å². The molecule has 33 heavy (non-hydrogen) atoms. The van der Waals surface area contributed by atoms with E-state index in [0.717, 1.165) is 16.8 Å². The second-order valence-corrected chi connectivity index (χ2v) is 9.18. The van der Waals surface area contributed by atoms with E-state index in [2.05, 4.69) is 34.8 Å². The summed E-state index contributed by atoms with van der Waals surface area (Å²) in [5.41, 5.74) is 3.30. The lowest BCUT2D eigenvalue weighted by atomic mass is 9.73. The highest BCUT2D eigenvalue weighted by molar-refractivity contribution is 6.00. The van der Waals surface area contributed by atoms with Gasteiger partial charge in [0.05, 0.1) is 13.2 Å². The van der Waals surface area contributed by atoms with Gasteiger partial charge in [0.25, 0.3) is 0 Å². The number of allylic oxidation sites excluding steroid dienone is 1. The van der Waals surface area contributed by atoms with E-state index in [4.69, 9.17) is 14.1 Å². The monoisotopic (exact) mass is 446 g/mol. The number of nitrogens with one attached hydrogen (secondary N) is 2. The van der Waals surface area contributed by atoms with Gasteiger partial charge in [0, 0.05) is 17.7 Å². The van der Waals surface area contributed by atoms with Gasteiger partial charge in [-0.1, -0.05) is 50.2 Å². The highest BCUT2D eigenvalue weighted by atomic mass is 16.6. The minimum Gasteiger partial charge on any atom is -0.493 e. The number of benzene rings is 2. The molecule has 0 saturated carbocycles. The summed E-state index contributed by atoms with van der Waals surface area (Å²) in [6.07, 6.45) is 1.19. The first-order chi connectivity index (χ1) is 15.9. The minimum absolute atomic E-state index is 0.0942. The van der Waals surface area contributed by atoms with Crippen LogP contribution in [0.2, 0.25) is 0 Å². The van der Waals surface area contributed by atoms with Crippen LogP contribution in [0.5, 0.6) is 11.5 Å². The van der Waals surface area contributed by atoms with Crippen molar-refractivity contribution in [2.24, 2.45) is 5.41 Å². The molecule has 2 aliphatic rings. The zero-order valence-electron chi connectivity index (χ0n) is 18.8. The Morgan fingerprint density at radius 3 is 2.64 bits per heavy atom. The summed E-state index contributed by atoms with van der Waals surface area (Å²) in [5.74, 6) is 2.25. The number of fused-ring (bicyclic) bond motifs is 1. The van der Waals surface area contributed by atoms with Crippen LogP contribution < -0.4 is 20.1 Å². The van der Waals surface area contributed by atoms with Crippen LogP contribution in [0.1, 0.15) is 43.9 Å². The lowest BCUT2D eigenvalue weighted by molar-refractivity contribution is -0.118. The second kappa shape index (κ2) is 8.27. The summed E-state index contributed by atoms with van der Waals surface area (Å²) in [7, 11) is 1.61. The predicted molar refractivity (Wildman–Crippen MR) is 123 cm³/mol. The van der Waals surface area contributed by atoms with Crippen LogP contribution in [-0.4, -0.2) is 23.2 Å². The number of carbonyl (C=O) groups is 1. The van der Waals surface area contributed by atoms with Crippen LogP contribution >= 0.6 is 0 Å². The van der Waals surface area contributed by atoms with Crippen LogP contribution in [0.25, 0.3) is 0 Å². The Bertz CT molecular complexity index is 1220. The fourth-order valence-electron chi connectivity index (χ4n) is 4.47. The molecular weight excluding hydrogens is 420 g/mol. The molecule has 8 heteroatoms. The molecule has 1 aliphatic heterocycles. The number of methoxy groups -OCH3 is 1. The fraction of sp³-hybridized carbons (Fsp3) is 0.320. The van der Waals surface area contributed by atoms with Crippen molar-refractivity contribution in [2.45, 2.75) is 39.3 Å². The van der Waals surface area contributed by atoms with Crippen molar-refractivity contribution >= 4 is 17.4 Å². The van der Waals surface area contributed by atoms with Crippen molar-refractivity contribution in [2.75, 3.05) is 17.7 Å². The van der Waals surface area contributed by atoms with Gasteiger partial charge in [-0.05, 0) is 45.4 Å². The maximum Gasteiger partial charge on any atom is 0.219 e. The lowest BCUT2D eigenvalue weighted by Crippen LogP contribution is -2.31. The molecule has 1 unspecified atom stereocenters. The molecule has 2 heterocycles. The molecular formula is C25H26N4O4. The van der Waals surface area contributed by atoms with Crippen molar-refractivity contribution in [1.82, 2.24) is 10.3 Å². The van der Waals surface area contributed by atoms with Crippen molar-refractivity contribution < 1.29 is 18.9 Å². The highest BCUT2D eigenvalue weighted by Crippen LogP contribution is 2.45. The van der Waals surface area contributed by atoms with Gasteiger partial charge in [-0.3, -0.25) is 4.79 Å². The average Bonchev–Trinajstić information content (AvgIpc) is 3.16. The third-order valence-electron chi connectivity index (χ3n) is 6.01. The zero-order chi connectivity index (χ0) is 23.0. The Balaban J connectivity index is 1.50. The minimum atomic E-state index is -0.429. The highest BCUT2D eigenvalue weighted by Gasteiger charge is 2.40. The first-order valence-corrected chi connectivity index (χ1v) is 10.9. The Morgan fingerprint density at radius 1 is 1.06 bits per heavy atom. The molecule has 8 nitrogen and oxygen atoms in total. The number of rotatable bonds is 5. The summed E-state index contributed by atoms with van der Waals surface area (Å²) in [4.78, 5) is 13.3. The maximum absolute atomic E-state index is 13.3. The molecule has 2 aromatic carbocycles. The van der Waals surface area contributed by atoms with Crippen LogP contribution in [0.4, 0.5) is 11.6 Å². The van der Waals surface area contributed by atoms with Gasteiger partial charge < -0.3 is 20.1 Å². The maximum atomic E-state index is 13.3. The van der Waals surface area contributed by atoms with E-state index in [0.29, 0.717) is 48.2 Å². The number of Topliss-reactive ketones (excluding diaryl/α,β-unsaturated/α-hetero) is 1. The Morgan fingerprint density at radius 2 is 1.85 bits per heavy atom. The number of carbonyl (C=O) groups excluding carboxylic acids is 1. The Hall–Kier alpha value is -3.81. The van der Waals surface area contributed by atoms with E-state index in [1.54, 1.807) is 7.11 Å². The quantitative estimate of drug-likeness (QED) is 0.572. The van der Waals surface area contributed by atoms with Gasteiger partial charge in [0.1, 0.15) is 6.61 Å². The van der Waals surface area contributed by atoms with E-state index >= 15 is 0 Å². The standard InChI is InChI=1S/C25H26N4O4/c1-25(2)12-17-21(18(30)13-25)22(27-24-23(26-17)28-33-29-24)16-9-10-19(20(11-16)31-3)32-14-15-7-5-4-6-8-15/h4-11,22H,12-14H2,1-3H3,(H,26,28)(H,27,29). The number of hydrogen-bond donors (Lipinski definition) is 2. The van der Waals surface area contributed by atoms with Crippen molar-refractivity contribution in [3.8, 4) is 11.5 Å². The van der Waals surface area contributed by atoms with Crippen LogP contribution in [-0.2, 0) is 11.4 Å². The molecule has 5 rings (SSSR count). The van der Waals surface area contributed by atoms with Crippen LogP contribution in [0, 0.1) is 5.41 Å². The van der Waals surface area contributed by atoms with E-state index in [1.165, 1.54) is 0 Å². The normalized spacial score (nSPS) is 19.0. The first-order valence-electron chi connectivity index (χ1n) is 10.9. The van der Waals surface area contributed by atoms with Gasteiger partial charge >= 0.3 is 0 Å². The average molecular weight is 447 g/mol. The predicted octanol–water partition coefficient (Wildman–Crippen LogP) is 4.88. The molecule has 0 fully saturated rings. The molecule has 0 spiro atoms. The molecule has 0 bridgehead atoms. The van der Waals surface area contributed by atoms with E-state index < -0.39 is 6.04 Å². The van der Waals surface area contributed by atoms with Gasteiger partial charge in [0.15, 0.2) is 17.3 Å². The third-order valence-corrected chi connectivity index (χ3v) is 6.01. The van der Waals surface area contributed by atoms with E-state index in [-0.39, 0.29) is 11.2 Å². The number of ether oxygens (including phenoxy) is 2. The van der Waals surface area contributed by atoms with Gasteiger partial charge in [-0.25, -0.2) is 4.63 Å². The Labute approximate surface area is 191 Å². The summed E-state index contributed by atoms with van der Waals surface area (Å²) in [6.45, 7) is 4.61. The number of aromatic nitrogens is 2. The SMILES string of the molecule is COc1cc(C2Nc3nonc3NC3=C2C(=O)CC(C)(C)C3)ccc1OCc1ccccc1. The van der Waals surface area contributed by atoms with E-state index in [1.807, 2.05) is 48.5 Å². The van der Waals surface area contributed by atoms with Crippen LogP contribution in [0.3, 0.4) is 0 Å². The number of nitrogens with zero attached hydrogens (tertiary/aromatic N) is 2. The van der Waals surface area contributed by atoms with Crippen molar-refractivity contribution in [3.05, 3.63) is 70.9 Å². The van der Waals surface area contributed by atoms with Crippen molar-refractivity contribution in [1.29, 1.82) is 0 Å².